The van der Waals surface area contributed by atoms with Gasteiger partial charge < -0.3 is 10.1 Å². The third-order valence-corrected chi connectivity index (χ3v) is 4.79. The largest absolute Gasteiger partial charge is 0.378 e. The Labute approximate surface area is 155 Å². The summed E-state index contributed by atoms with van der Waals surface area (Å²) < 4.78 is 5.37. The van der Waals surface area contributed by atoms with Crippen LogP contribution in [0, 0.1) is 0 Å². The number of likely N-dealkylation sites (tertiary alicyclic amines) is 1. The zero-order chi connectivity index (χ0) is 18.4. The molecule has 1 aliphatic heterocycles. The van der Waals surface area contributed by atoms with Gasteiger partial charge in [-0.05, 0) is 0 Å². The van der Waals surface area contributed by atoms with E-state index in [1.165, 1.54) is 16.2 Å². The van der Waals surface area contributed by atoms with E-state index in [-0.39, 0.29) is 43.7 Å². The van der Waals surface area contributed by atoms with E-state index >= 15 is 0 Å². The molecule has 0 saturated carbocycles. The van der Waals surface area contributed by atoms with E-state index in [2.05, 4.69) is 10.3 Å². The molecule has 2 aromatic rings. The van der Waals surface area contributed by atoms with E-state index in [0.29, 0.717) is 18.8 Å². The number of rotatable bonds is 8. The first-order chi connectivity index (χ1) is 12.6. The second kappa shape index (κ2) is 8.68. The Kier molecular flexibility index (Phi) is 6.08. The lowest BCUT2D eigenvalue weighted by Gasteiger charge is -2.13. The minimum atomic E-state index is -0.253. The molecule has 1 aliphatic rings. The molecule has 26 heavy (non-hydrogen) atoms. The van der Waals surface area contributed by atoms with Gasteiger partial charge in [-0.25, -0.2) is 4.98 Å². The van der Waals surface area contributed by atoms with Gasteiger partial charge in [0.1, 0.15) is 10.7 Å². The van der Waals surface area contributed by atoms with Crippen LogP contribution in [-0.2, 0) is 14.3 Å². The fraction of sp³-hybridized carbons (Fsp3) is 0.333. The monoisotopic (exact) mass is 373 g/mol. The second-order valence-electron chi connectivity index (χ2n) is 5.71. The molecule has 0 radical (unpaired) electrons. The number of carbonyl (C=O) groups excluding carboxylic acids is 3. The summed E-state index contributed by atoms with van der Waals surface area (Å²) in [5, 5.41) is 5.27. The van der Waals surface area contributed by atoms with Gasteiger partial charge in [-0.3, -0.25) is 19.3 Å². The lowest BCUT2D eigenvalue weighted by atomic mass is 10.2. The summed E-state index contributed by atoms with van der Waals surface area (Å²) in [6, 6.07) is 9.68. The number of imide groups is 1. The fourth-order valence-corrected chi connectivity index (χ4v) is 3.36. The van der Waals surface area contributed by atoms with Crippen LogP contribution in [0.4, 0.5) is 0 Å². The summed E-state index contributed by atoms with van der Waals surface area (Å²) in [5.41, 5.74) is 1.35. The molecule has 136 valence electrons. The molecule has 0 unspecified atom stereocenters. The van der Waals surface area contributed by atoms with E-state index in [9.17, 15) is 14.4 Å². The van der Waals surface area contributed by atoms with Gasteiger partial charge in [0.25, 0.3) is 5.91 Å². The van der Waals surface area contributed by atoms with E-state index in [1.54, 1.807) is 5.38 Å². The van der Waals surface area contributed by atoms with Crippen molar-refractivity contribution in [1.82, 2.24) is 15.2 Å². The molecule has 2 heterocycles. The van der Waals surface area contributed by atoms with Gasteiger partial charge in [0.2, 0.25) is 11.8 Å². The molecule has 0 spiro atoms. The average molecular weight is 373 g/mol. The van der Waals surface area contributed by atoms with Crippen LogP contribution < -0.4 is 5.32 Å². The molecule has 1 N–H and O–H groups in total. The van der Waals surface area contributed by atoms with Gasteiger partial charge in [-0.1, -0.05) is 30.3 Å². The maximum atomic E-state index is 12.1. The van der Waals surface area contributed by atoms with Gasteiger partial charge >= 0.3 is 0 Å². The van der Waals surface area contributed by atoms with Crippen LogP contribution in [0.5, 0.6) is 0 Å². The lowest BCUT2D eigenvalue weighted by molar-refractivity contribution is -0.139. The number of nitrogens with zero attached hydrogens (tertiary/aromatic N) is 2. The predicted octanol–water partition coefficient (Wildman–Crippen LogP) is 1.71. The number of nitrogens with one attached hydrogen (secondary N) is 1. The third kappa shape index (κ3) is 4.53. The number of ether oxygens (including phenoxy) is 1. The quantitative estimate of drug-likeness (QED) is 0.562. The minimum absolute atomic E-state index is 0.148. The van der Waals surface area contributed by atoms with Crippen molar-refractivity contribution in [1.29, 1.82) is 0 Å². The number of amides is 3. The van der Waals surface area contributed by atoms with Gasteiger partial charge in [0.05, 0.1) is 19.8 Å². The molecule has 0 atom stereocenters. The number of hydrogen-bond donors (Lipinski definition) is 1. The minimum Gasteiger partial charge on any atom is -0.378 e. The van der Waals surface area contributed by atoms with Crippen molar-refractivity contribution in [2.45, 2.75) is 12.8 Å². The standard InChI is InChI=1S/C18H19N3O4S/c22-15-6-7-16(23)21(15)9-11-25-10-8-19-17(24)14-12-26-18(20-14)13-4-2-1-3-5-13/h1-5,12H,6-11H2,(H,19,24). The van der Waals surface area contributed by atoms with Crippen molar-refractivity contribution in [3.05, 3.63) is 41.4 Å². The summed E-state index contributed by atoms with van der Waals surface area (Å²) in [6.07, 6.45) is 0.570. The van der Waals surface area contributed by atoms with Crippen molar-refractivity contribution in [3.63, 3.8) is 0 Å². The molecule has 1 fully saturated rings. The van der Waals surface area contributed by atoms with Crippen LogP contribution in [0.3, 0.4) is 0 Å². The molecule has 0 aliphatic carbocycles. The Bertz CT molecular complexity index is 775. The average Bonchev–Trinajstić information content (AvgIpc) is 3.27. The van der Waals surface area contributed by atoms with Gasteiger partial charge in [0, 0.05) is 30.3 Å². The Morgan fingerprint density at radius 2 is 1.88 bits per heavy atom. The Hall–Kier alpha value is -2.58. The summed E-state index contributed by atoms with van der Waals surface area (Å²) in [4.78, 5) is 40.6. The van der Waals surface area contributed by atoms with E-state index < -0.39 is 0 Å². The molecule has 8 heteroatoms. The zero-order valence-corrected chi connectivity index (χ0v) is 15.0. The lowest BCUT2D eigenvalue weighted by Crippen LogP contribution is -2.33. The number of carbonyl (C=O) groups is 3. The predicted molar refractivity (Wildman–Crippen MR) is 96.7 cm³/mol. The van der Waals surface area contributed by atoms with Crippen molar-refractivity contribution in [2.24, 2.45) is 0 Å². The molecule has 1 aromatic carbocycles. The molecule has 1 saturated heterocycles. The van der Waals surface area contributed by atoms with Crippen LogP contribution in [0.15, 0.2) is 35.7 Å². The molecule has 7 nitrogen and oxygen atoms in total. The van der Waals surface area contributed by atoms with E-state index in [0.717, 1.165) is 10.6 Å². The maximum absolute atomic E-state index is 12.1. The number of aromatic nitrogens is 1. The van der Waals surface area contributed by atoms with Crippen molar-refractivity contribution in [2.75, 3.05) is 26.3 Å². The zero-order valence-electron chi connectivity index (χ0n) is 14.1. The molecule has 3 rings (SSSR count). The van der Waals surface area contributed by atoms with E-state index in [1.807, 2.05) is 30.3 Å². The Morgan fingerprint density at radius 3 is 2.62 bits per heavy atom. The fourth-order valence-electron chi connectivity index (χ4n) is 2.55. The molecular formula is C18H19N3O4S. The van der Waals surface area contributed by atoms with Crippen molar-refractivity contribution < 1.29 is 19.1 Å². The highest BCUT2D eigenvalue weighted by Gasteiger charge is 2.28. The summed E-state index contributed by atoms with van der Waals surface area (Å²) in [5.74, 6) is -0.550. The first kappa shape index (κ1) is 18.2. The molecule has 0 bridgehead atoms. The second-order valence-corrected chi connectivity index (χ2v) is 6.57. The highest BCUT2D eigenvalue weighted by molar-refractivity contribution is 7.13. The normalized spacial score (nSPS) is 14.1. The highest BCUT2D eigenvalue weighted by atomic mass is 32.1. The topological polar surface area (TPSA) is 88.6 Å². The van der Waals surface area contributed by atoms with Crippen LogP contribution in [0.2, 0.25) is 0 Å². The van der Waals surface area contributed by atoms with Crippen LogP contribution in [0.1, 0.15) is 23.3 Å². The SMILES string of the molecule is O=C(NCCOCCN1C(=O)CCC1=O)c1csc(-c2ccccc2)n1. The molecular weight excluding hydrogens is 354 g/mol. The van der Waals surface area contributed by atoms with Crippen LogP contribution >= 0.6 is 11.3 Å². The smallest absolute Gasteiger partial charge is 0.270 e. The highest BCUT2D eigenvalue weighted by Crippen LogP contribution is 2.23. The van der Waals surface area contributed by atoms with Gasteiger partial charge in [-0.2, -0.15) is 0 Å². The maximum Gasteiger partial charge on any atom is 0.270 e. The van der Waals surface area contributed by atoms with Gasteiger partial charge in [0.15, 0.2) is 0 Å². The van der Waals surface area contributed by atoms with Crippen molar-refractivity contribution in [3.8, 4) is 10.6 Å². The first-order valence-electron chi connectivity index (χ1n) is 8.35. The summed E-state index contributed by atoms with van der Waals surface area (Å²) >= 11 is 1.42. The first-order valence-corrected chi connectivity index (χ1v) is 9.23. The third-order valence-electron chi connectivity index (χ3n) is 3.90. The Balaban J connectivity index is 1.36. The van der Waals surface area contributed by atoms with Gasteiger partial charge in [-0.15, -0.1) is 11.3 Å². The summed E-state index contributed by atoms with van der Waals surface area (Å²) in [7, 11) is 0. The van der Waals surface area contributed by atoms with Crippen LogP contribution in [-0.4, -0.2) is 53.9 Å². The summed E-state index contributed by atoms with van der Waals surface area (Å²) in [6.45, 7) is 1.16. The number of benzene rings is 1. The van der Waals surface area contributed by atoms with Crippen molar-refractivity contribution >= 4 is 29.1 Å². The molecule has 3 amide bonds. The van der Waals surface area contributed by atoms with Crippen LogP contribution in [0.25, 0.3) is 10.6 Å². The molecule has 1 aromatic heterocycles. The van der Waals surface area contributed by atoms with E-state index in [4.69, 9.17) is 4.74 Å². The number of hydrogen-bond acceptors (Lipinski definition) is 6. The number of thiazole rings is 1. The Morgan fingerprint density at radius 1 is 1.15 bits per heavy atom.